The molecule has 9 heteroatoms. The molecule has 0 radical (unpaired) electrons. The molecule has 0 fully saturated rings. The van der Waals surface area contributed by atoms with Gasteiger partial charge in [0.25, 0.3) is 0 Å². The van der Waals surface area contributed by atoms with Crippen molar-refractivity contribution in [2.24, 2.45) is 0 Å². The Morgan fingerprint density at radius 2 is 1.48 bits per heavy atom. The molecule has 0 bridgehead atoms. The molecule has 7 nitrogen and oxygen atoms in total. The highest BCUT2D eigenvalue weighted by Crippen LogP contribution is 2.17. The van der Waals surface area contributed by atoms with Gasteiger partial charge in [0.05, 0.1) is 15.5 Å². The Morgan fingerprint density at radius 1 is 0.871 bits per heavy atom. The molecule has 31 heavy (non-hydrogen) atoms. The lowest BCUT2D eigenvalue weighted by Gasteiger charge is -2.18. The van der Waals surface area contributed by atoms with Crippen molar-refractivity contribution in [1.82, 2.24) is 9.62 Å². The van der Waals surface area contributed by atoms with Gasteiger partial charge in [0.2, 0.25) is 15.9 Å². The van der Waals surface area contributed by atoms with Gasteiger partial charge in [0.1, 0.15) is 0 Å². The summed E-state index contributed by atoms with van der Waals surface area (Å²) in [5.41, 5.74) is 0.861. The van der Waals surface area contributed by atoms with E-state index in [0.29, 0.717) is 25.9 Å². The van der Waals surface area contributed by atoms with Crippen LogP contribution in [-0.4, -0.2) is 52.4 Å². The number of carbonyl (C=O) groups excluding carboxylic acids is 1. The van der Waals surface area contributed by atoms with Gasteiger partial charge in [-0.25, -0.2) is 16.8 Å². The lowest BCUT2D eigenvalue weighted by molar-refractivity contribution is -0.121. The minimum Gasteiger partial charge on any atom is -0.356 e. The van der Waals surface area contributed by atoms with Gasteiger partial charge in [-0.3, -0.25) is 4.79 Å². The molecule has 1 amide bonds. The van der Waals surface area contributed by atoms with E-state index in [2.05, 4.69) is 5.32 Å². The first-order valence-corrected chi connectivity index (χ1v) is 13.4. The van der Waals surface area contributed by atoms with Crippen molar-refractivity contribution in [2.75, 3.05) is 25.4 Å². The van der Waals surface area contributed by atoms with Crippen molar-refractivity contribution in [2.45, 2.75) is 42.9 Å². The fourth-order valence-corrected chi connectivity index (χ4v) is 5.91. The second-order valence-corrected chi connectivity index (χ2v) is 11.1. The Morgan fingerprint density at radius 3 is 2.06 bits per heavy atom. The number of rotatable bonds is 12. The molecular weight excluding hydrogens is 436 g/mol. The zero-order valence-electron chi connectivity index (χ0n) is 18.0. The third-order valence-corrected chi connectivity index (χ3v) is 8.80. The monoisotopic (exact) mass is 466 g/mol. The molecule has 0 aliphatic heterocycles. The molecule has 2 aromatic rings. The first-order chi connectivity index (χ1) is 14.7. The van der Waals surface area contributed by atoms with Crippen molar-refractivity contribution < 1.29 is 21.6 Å². The fourth-order valence-electron chi connectivity index (χ4n) is 3.12. The second kappa shape index (κ2) is 11.4. The lowest BCUT2D eigenvalue weighted by atomic mass is 10.1. The van der Waals surface area contributed by atoms with Gasteiger partial charge < -0.3 is 5.32 Å². The number of sulfone groups is 1. The third-order valence-electron chi connectivity index (χ3n) is 4.92. The average Bonchev–Trinajstić information content (AvgIpc) is 2.77. The van der Waals surface area contributed by atoms with Crippen LogP contribution in [0.15, 0.2) is 64.4 Å². The van der Waals surface area contributed by atoms with E-state index in [1.54, 1.807) is 68.4 Å². The van der Waals surface area contributed by atoms with Crippen LogP contribution in [0.3, 0.4) is 0 Å². The van der Waals surface area contributed by atoms with Gasteiger partial charge >= 0.3 is 0 Å². The number of sulfonamides is 1. The number of hydrogen-bond acceptors (Lipinski definition) is 5. The predicted molar refractivity (Wildman–Crippen MR) is 121 cm³/mol. The number of amides is 1. The smallest absolute Gasteiger partial charge is 0.243 e. The Kier molecular flexibility index (Phi) is 9.21. The molecule has 0 aliphatic carbocycles. The van der Waals surface area contributed by atoms with E-state index >= 15 is 0 Å². The summed E-state index contributed by atoms with van der Waals surface area (Å²) < 4.78 is 50.8. The van der Waals surface area contributed by atoms with Crippen LogP contribution in [0.25, 0.3) is 0 Å². The second-order valence-electron chi connectivity index (χ2n) is 7.07. The van der Waals surface area contributed by atoms with Crippen molar-refractivity contribution in [3.05, 3.63) is 60.2 Å². The molecule has 0 saturated carbocycles. The Bertz CT molecular complexity index is 1050. The first kappa shape index (κ1) is 25.0. The van der Waals surface area contributed by atoms with E-state index in [9.17, 15) is 21.6 Å². The van der Waals surface area contributed by atoms with Crippen LogP contribution in [0.4, 0.5) is 0 Å². The number of aryl methyl sites for hydroxylation is 1. The summed E-state index contributed by atoms with van der Waals surface area (Å²) in [6.45, 7) is 4.70. The summed E-state index contributed by atoms with van der Waals surface area (Å²) in [6, 6.07) is 14.8. The maximum absolute atomic E-state index is 12.5. The van der Waals surface area contributed by atoms with Crippen LogP contribution in [0.2, 0.25) is 0 Å². The molecule has 2 rings (SSSR count). The van der Waals surface area contributed by atoms with Crippen LogP contribution in [0.1, 0.15) is 32.3 Å². The molecule has 0 aromatic heterocycles. The highest BCUT2D eigenvalue weighted by atomic mass is 32.2. The molecule has 2 aromatic carbocycles. The van der Waals surface area contributed by atoms with Gasteiger partial charge in [0.15, 0.2) is 9.84 Å². The summed E-state index contributed by atoms with van der Waals surface area (Å²) in [7, 11) is -6.84. The molecule has 0 unspecified atom stereocenters. The molecule has 0 saturated heterocycles. The zero-order chi connectivity index (χ0) is 22.9. The summed E-state index contributed by atoms with van der Waals surface area (Å²) in [5, 5.41) is 2.74. The maximum atomic E-state index is 12.5. The lowest BCUT2D eigenvalue weighted by Crippen LogP contribution is -2.30. The van der Waals surface area contributed by atoms with Crippen LogP contribution < -0.4 is 5.32 Å². The summed E-state index contributed by atoms with van der Waals surface area (Å²) >= 11 is 0. The standard InChI is InChI=1S/C22H30N2O5S2/c1-3-24(4-2)31(28,29)21-14-11-19(12-15-21)13-16-22(25)23-17-8-18-30(26,27)20-9-6-5-7-10-20/h5-7,9-12,14-15H,3-4,8,13,16-18H2,1-2H3,(H,23,25). The molecule has 0 atom stereocenters. The van der Waals surface area contributed by atoms with Crippen molar-refractivity contribution >= 4 is 25.8 Å². The molecule has 0 heterocycles. The van der Waals surface area contributed by atoms with Crippen LogP contribution in [0, 0.1) is 0 Å². The average molecular weight is 467 g/mol. The number of benzene rings is 2. The normalized spacial score (nSPS) is 12.1. The topological polar surface area (TPSA) is 101 Å². The van der Waals surface area contributed by atoms with Gasteiger partial charge in [-0.05, 0) is 42.7 Å². The van der Waals surface area contributed by atoms with Gasteiger partial charge in [-0.15, -0.1) is 0 Å². The minimum absolute atomic E-state index is 0.0280. The maximum Gasteiger partial charge on any atom is 0.243 e. The van der Waals surface area contributed by atoms with E-state index in [-0.39, 0.29) is 34.4 Å². The van der Waals surface area contributed by atoms with Crippen molar-refractivity contribution in [3.63, 3.8) is 0 Å². The first-order valence-electron chi connectivity index (χ1n) is 10.3. The summed E-state index contributed by atoms with van der Waals surface area (Å²) in [6.07, 6.45) is 1.05. The number of hydrogen-bond donors (Lipinski definition) is 1. The van der Waals surface area contributed by atoms with Crippen LogP contribution >= 0.6 is 0 Å². The van der Waals surface area contributed by atoms with Crippen molar-refractivity contribution in [3.8, 4) is 0 Å². The zero-order valence-corrected chi connectivity index (χ0v) is 19.6. The van der Waals surface area contributed by atoms with E-state index in [1.807, 2.05) is 0 Å². The SMILES string of the molecule is CCN(CC)S(=O)(=O)c1ccc(CCC(=O)NCCCS(=O)(=O)c2ccccc2)cc1. The van der Waals surface area contributed by atoms with Gasteiger partial charge in [-0.1, -0.05) is 44.2 Å². The summed E-state index contributed by atoms with van der Waals surface area (Å²) in [4.78, 5) is 12.6. The fraction of sp³-hybridized carbons (Fsp3) is 0.409. The van der Waals surface area contributed by atoms with Crippen LogP contribution in [0.5, 0.6) is 0 Å². The third kappa shape index (κ3) is 7.15. The highest BCUT2D eigenvalue weighted by molar-refractivity contribution is 7.91. The van der Waals surface area contributed by atoms with E-state index in [0.717, 1.165) is 5.56 Å². The molecular formula is C22H30N2O5S2. The molecule has 0 aliphatic rings. The Hall–Kier alpha value is -2.23. The largest absolute Gasteiger partial charge is 0.356 e. The Labute approximate surface area is 185 Å². The number of carbonyl (C=O) groups is 1. The number of nitrogens with zero attached hydrogens (tertiary/aromatic N) is 1. The van der Waals surface area contributed by atoms with Gasteiger partial charge in [0, 0.05) is 26.1 Å². The van der Waals surface area contributed by atoms with E-state index < -0.39 is 19.9 Å². The predicted octanol–water partition coefficient (Wildman–Crippen LogP) is 2.63. The van der Waals surface area contributed by atoms with E-state index in [4.69, 9.17) is 0 Å². The Balaban J connectivity index is 1.78. The van der Waals surface area contributed by atoms with Crippen LogP contribution in [-0.2, 0) is 31.1 Å². The minimum atomic E-state index is -3.49. The van der Waals surface area contributed by atoms with E-state index in [1.165, 1.54) is 4.31 Å². The summed E-state index contributed by atoms with van der Waals surface area (Å²) in [5.74, 6) is -0.198. The quantitative estimate of drug-likeness (QED) is 0.485. The van der Waals surface area contributed by atoms with Gasteiger partial charge in [-0.2, -0.15) is 4.31 Å². The molecule has 0 spiro atoms. The molecule has 1 N–H and O–H groups in total. The molecule has 170 valence electrons. The van der Waals surface area contributed by atoms with Crippen molar-refractivity contribution in [1.29, 1.82) is 0 Å². The highest BCUT2D eigenvalue weighted by Gasteiger charge is 2.21. The number of nitrogens with one attached hydrogen (secondary N) is 1.